The highest BCUT2D eigenvalue weighted by Crippen LogP contribution is 2.18. The van der Waals surface area contributed by atoms with Gasteiger partial charge in [0.2, 0.25) is 0 Å². The van der Waals surface area contributed by atoms with Gasteiger partial charge in [0.1, 0.15) is 11.6 Å². The number of fused-ring (bicyclic) bond motifs is 1. The van der Waals surface area contributed by atoms with Crippen molar-refractivity contribution in [1.82, 2.24) is 25.3 Å². The molecule has 0 unspecified atom stereocenters. The number of nitrogens with zero attached hydrogens (tertiary/aromatic N) is 2. The molecule has 0 aliphatic carbocycles. The SMILES string of the molecule is COc1ccc2nc(CCNC(=O)c3ncc(C)[nH]3)[nH]c2c1. The van der Waals surface area contributed by atoms with E-state index in [1.165, 1.54) is 0 Å². The number of carbonyl (C=O) groups is 1. The van der Waals surface area contributed by atoms with Gasteiger partial charge in [0, 0.05) is 30.9 Å². The van der Waals surface area contributed by atoms with Crippen molar-refractivity contribution in [3.8, 4) is 5.75 Å². The van der Waals surface area contributed by atoms with E-state index in [-0.39, 0.29) is 5.91 Å². The van der Waals surface area contributed by atoms with Crippen LogP contribution in [0.3, 0.4) is 0 Å². The van der Waals surface area contributed by atoms with E-state index in [0.717, 1.165) is 28.3 Å². The van der Waals surface area contributed by atoms with Crippen LogP contribution in [-0.2, 0) is 6.42 Å². The van der Waals surface area contributed by atoms with E-state index in [0.29, 0.717) is 18.8 Å². The molecule has 0 saturated carbocycles. The van der Waals surface area contributed by atoms with Crippen LogP contribution in [-0.4, -0.2) is 39.5 Å². The van der Waals surface area contributed by atoms with Crippen molar-refractivity contribution in [3.63, 3.8) is 0 Å². The van der Waals surface area contributed by atoms with Gasteiger partial charge in [0.05, 0.1) is 18.1 Å². The molecule has 0 aliphatic rings. The number of imidazole rings is 2. The van der Waals surface area contributed by atoms with E-state index in [1.54, 1.807) is 13.3 Å². The van der Waals surface area contributed by atoms with Crippen molar-refractivity contribution in [3.05, 3.63) is 41.7 Å². The van der Waals surface area contributed by atoms with Crippen LogP contribution in [0.4, 0.5) is 0 Å². The number of aromatic amines is 2. The van der Waals surface area contributed by atoms with Crippen molar-refractivity contribution in [2.45, 2.75) is 13.3 Å². The minimum Gasteiger partial charge on any atom is -0.497 e. The highest BCUT2D eigenvalue weighted by molar-refractivity contribution is 5.90. The molecule has 0 saturated heterocycles. The number of benzene rings is 1. The fourth-order valence-electron chi connectivity index (χ4n) is 2.19. The first-order valence-electron chi connectivity index (χ1n) is 6.98. The predicted molar refractivity (Wildman–Crippen MR) is 82.0 cm³/mol. The molecule has 0 bridgehead atoms. The molecule has 0 spiro atoms. The summed E-state index contributed by atoms with van der Waals surface area (Å²) in [4.78, 5) is 26.4. The molecule has 1 amide bonds. The van der Waals surface area contributed by atoms with Crippen LogP contribution in [0, 0.1) is 6.92 Å². The third-order valence-electron chi connectivity index (χ3n) is 3.30. The van der Waals surface area contributed by atoms with Gasteiger partial charge in [-0.3, -0.25) is 4.79 Å². The van der Waals surface area contributed by atoms with Crippen molar-refractivity contribution < 1.29 is 9.53 Å². The Balaban J connectivity index is 1.60. The van der Waals surface area contributed by atoms with Crippen LogP contribution in [0.25, 0.3) is 11.0 Å². The van der Waals surface area contributed by atoms with Crippen LogP contribution in [0.5, 0.6) is 5.75 Å². The van der Waals surface area contributed by atoms with Gasteiger partial charge in [0.25, 0.3) is 5.91 Å². The number of hydrogen-bond acceptors (Lipinski definition) is 4. The fraction of sp³-hybridized carbons (Fsp3) is 0.267. The number of ether oxygens (including phenoxy) is 1. The molecule has 1 aromatic carbocycles. The van der Waals surface area contributed by atoms with Crippen molar-refractivity contribution >= 4 is 16.9 Å². The molecule has 3 rings (SSSR count). The molecule has 7 heteroatoms. The molecular weight excluding hydrogens is 282 g/mol. The Morgan fingerprint density at radius 1 is 1.36 bits per heavy atom. The molecular formula is C15H17N5O2. The molecule has 0 atom stereocenters. The molecule has 0 radical (unpaired) electrons. The number of amides is 1. The average Bonchev–Trinajstić information content (AvgIpc) is 3.12. The number of H-pyrrole nitrogens is 2. The molecule has 3 aromatic rings. The maximum absolute atomic E-state index is 11.9. The second kappa shape index (κ2) is 5.88. The Bertz CT molecular complexity index is 805. The molecule has 7 nitrogen and oxygen atoms in total. The minimum atomic E-state index is -0.217. The third kappa shape index (κ3) is 2.93. The zero-order valence-corrected chi connectivity index (χ0v) is 12.4. The van der Waals surface area contributed by atoms with Gasteiger partial charge in [-0.25, -0.2) is 9.97 Å². The molecule has 0 fully saturated rings. The summed E-state index contributed by atoms with van der Waals surface area (Å²) >= 11 is 0. The fourth-order valence-corrected chi connectivity index (χ4v) is 2.19. The quantitative estimate of drug-likeness (QED) is 0.666. The predicted octanol–water partition coefficient (Wildman–Crippen LogP) is 1.58. The highest BCUT2D eigenvalue weighted by atomic mass is 16.5. The number of hydrogen-bond donors (Lipinski definition) is 3. The summed E-state index contributed by atoms with van der Waals surface area (Å²) in [6, 6.07) is 5.67. The van der Waals surface area contributed by atoms with Crippen molar-refractivity contribution in [1.29, 1.82) is 0 Å². The van der Waals surface area contributed by atoms with E-state index < -0.39 is 0 Å². The maximum Gasteiger partial charge on any atom is 0.287 e. The normalized spacial score (nSPS) is 10.8. The summed E-state index contributed by atoms with van der Waals surface area (Å²) in [7, 11) is 1.63. The van der Waals surface area contributed by atoms with Gasteiger partial charge >= 0.3 is 0 Å². The Morgan fingerprint density at radius 3 is 2.95 bits per heavy atom. The number of nitrogens with one attached hydrogen (secondary N) is 3. The van der Waals surface area contributed by atoms with Crippen LogP contribution in [0.15, 0.2) is 24.4 Å². The lowest BCUT2D eigenvalue weighted by molar-refractivity contribution is 0.0944. The summed E-state index contributed by atoms with van der Waals surface area (Å²) in [5, 5.41) is 2.81. The zero-order valence-electron chi connectivity index (χ0n) is 12.4. The second-order valence-corrected chi connectivity index (χ2v) is 4.99. The van der Waals surface area contributed by atoms with E-state index in [9.17, 15) is 4.79 Å². The number of rotatable bonds is 5. The second-order valence-electron chi connectivity index (χ2n) is 4.99. The van der Waals surface area contributed by atoms with Gasteiger partial charge in [-0.15, -0.1) is 0 Å². The topological polar surface area (TPSA) is 95.7 Å². The average molecular weight is 299 g/mol. The van der Waals surface area contributed by atoms with Gasteiger partial charge < -0.3 is 20.0 Å². The molecule has 114 valence electrons. The molecule has 3 N–H and O–H groups in total. The van der Waals surface area contributed by atoms with E-state index in [4.69, 9.17) is 4.74 Å². The standard InChI is InChI=1S/C15H17N5O2/c1-9-8-17-14(18-9)15(21)16-6-5-13-19-11-4-3-10(22-2)7-12(11)20-13/h3-4,7-8H,5-6H2,1-2H3,(H,16,21)(H,17,18)(H,19,20). The first-order chi connectivity index (χ1) is 10.7. The van der Waals surface area contributed by atoms with Crippen LogP contribution < -0.4 is 10.1 Å². The van der Waals surface area contributed by atoms with E-state index >= 15 is 0 Å². The summed E-state index contributed by atoms with van der Waals surface area (Å²) in [5.74, 6) is 1.71. The summed E-state index contributed by atoms with van der Waals surface area (Å²) < 4.78 is 5.18. The minimum absolute atomic E-state index is 0.217. The molecule has 2 heterocycles. The van der Waals surface area contributed by atoms with Crippen molar-refractivity contribution in [2.75, 3.05) is 13.7 Å². The Morgan fingerprint density at radius 2 is 2.23 bits per heavy atom. The summed E-state index contributed by atoms with van der Waals surface area (Å²) in [6.07, 6.45) is 2.24. The van der Waals surface area contributed by atoms with Gasteiger partial charge in [-0.2, -0.15) is 0 Å². The lowest BCUT2D eigenvalue weighted by Crippen LogP contribution is -2.26. The zero-order chi connectivity index (χ0) is 15.5. The smallest absolute Gasteiger partial charge is 0.287 e. The van der Waals surface area contributed by atoms with Crippen LogP contribution >= 0.6 is 0 Å². The Labute approximate surface area is 127 Å². The van der Waals surface area contributed by atoms with Gasteiger partial charge in [0.15, 0.2) is 5.82 Å². The summed E-state index contributed by atoms with van der Waals surface area (Å²) in [6.45, 7) is 2.34. The first kappa shape index (κ1) is 14.1. The highest BCUT2D eigenvalue weighted by Gasteiger charge is 2.09. The number of methoxy groups -OCH3 is 1. The first-order valence-corrected chi connectivity index (χ1v) is 6.98. The monoisotopic (exact) mass is 299 g/mol. The lowest BCUT2D eigenvalue weighted by atomic mass is 10.3. The van der Waals surface area contributed by atoms with E-state index in [1.807, 2.05) is 25.1 Å². The lowest BCUT2D eigenvalue weighted by Gasteiger charge is -2.01. The van der Waals surface area contributed by atoms with Gasteiger partial charge in [-0.05, 0) is 19.1 Å². The molecule has 2 aromatic heterocycles. The molecule has 22 heavy (non-hydrogen) atoms. The number of aromatic nitrogens is 4. The summed E-state index contributed by atoms with van der Waals surface area (Å²) in [5.41, 5.74) is 2.66. The number of carbonyl (C=O) groups excluding carboxylic acids is 1. The largest absolute Gasteiger partial charge is 0.497 e. The van der Waals surface area contributed by atoms with Crippen LogP contribution in [0.2, 0.25) is 0 Å². The third-order valence-corrected chi connectivity index (χ3v) is 3.30. The van der Waals surface area contributed by atoms with Gasteiger partial charge in [-0.1, -0.05) is 0 Å². The van der Waals surface area contributed by atoms with Crippen molar-refractivity contribution in [2.24, 2.45) is 0 Å². The van der Waals surface area contributed by atoms with Crippen LogP contribution in [0.1, 0.15) is 22.1 Å². The van der Waals surface area contributed by atoms with E-state index in [2.05, 4.69) is 25.3 Å². The number of aryl methyl sites for hydroxylation is 1. The Kier molecular flexibility index (Phi) is 3.78. The Hall–Kier alpha value is -2.83. The maximum atomic E-state index is 11.9. The molecule has 0 aliphatic heterocycles.